The maximum absolute atomic E-state index is 12.8. The number of thioether (sulfide) groups is 1. The number of hydrogen-bond acceptors (Lipinski definition) is 5. The molecule has 4 rings (SSSR count). The predicted molar refractivity (Wildman–Crippen MR) is 116 cm³/mol. The summed E-state index contributed by atoms with van der Waals surface area (Å²) in [7, 11) is 1.52. The molecule has 5 nitrogen and oxygen atoms in total. The van der Waals surface area contributed by atoms with Gasteiger partial charge < -0.3 is 9.15 Å². The van der Waals surface area contributed by atoms with E-state index in [-0.39, 0.29) is 4.91 Å². The van der Waals surface area contributed by atoms with Crippen LogP contribution in [0, 0.1) is 0 Å². The van der Waals surface area contributed by atoms with Crippen LogP contribution in [0.4, 0.5) is 10.5 Å². The molecule has 1 aromatic heterocycles. The topological polar surface area (TPSA) is 59.8 Å². The van der Waals surface area contributed by atoms with E-state index in [1.54, 1.807) is 54.6 Å². The van der Waals surface area contributed by atoms with E-state index in [1.807, 2.05) is 0 Å². The number of anilines is 1. The second-order valence-corrected chi connectivity index (χ2v) is 7.82. The Balaban J connectivity index is 1.64. The summed E-state index contributed by atoms with van der Waals surface area (Å²) in [4.78, 5) is 26.6. The van der Waals surface area contributed by atoms with Gasteiger partial charge in [-0.2, -0.15) is 0 Å². The van der Waals surface area contributed by atoms with Gasteiger partial charge in [-0.05, 0) is 48.2 Å². The van der Waals surface area contributed by atoms with Crippen molar-refractivity contribution in [2.45, 2.75) is 0 Å². The third-order valence-corrected chi connectivity index (χ3v) is 5.71. The monoisotopic (exact) mass is 445 g/mol. The molecular formula is C21H13Cl2NO4S. The van der Waals surface area contributed by atoms with E-state index >= 15 is 0 Å². The summed E-state index contributed by atoms with van der Waals surface area (Å²) in [5.41, 5.74) is 1.01. The smallest absolute Gasteiger partial charge is 0.298 e. The Morgan fingerprint density at radius 1 is 1.03 bits per heavy atom. The summed E-state index contributed by atoms with van der Waals surface area (Å²) in [6.07, 6.45) is 1.53. The van der Waals surface area contributed by atoms with Crippen LogP contribution in [0.3, 0.4) is 0 Å². The SMILES string of the molecule is COc1cccc(N2C(=O)S/C(=C/c3ccc(-c4c(Cl)cccc4Cl)o3)C2=O)c1. The quantitative estimate of drug-likeness (QED) is 0.428. The highest BCUT2D eigenvalue weighted by molar-refractivity contribution is 8.19. The molecule has 0 spiro atoms. The van der Waals surface area contributed by atoms with Gasteiger partial charge in [-0.15, -0.1) is 0 Å². The van der Waals surface area contributed by atoms with Gasteiger partial charge in [-0.1, -0.05) is 35.3 Å². The van der Waals surface area contributed by atoms with Crippen molar-refractivity contribution in [2.75, 3.05) is 12.0 Å². The highest BCUT2D eigenvalue weighted by atomic mass is 35.5. The van der Waals surface area contributed by atoms with E-state index in [4.69, 9.17) is 32.4 Å². The lowest BCUT2D eigenvalue weighted by Crippen LogP contribution is -2.27. The molecule has 3 aromatic rings. The third-order valence-electron chi connectivity index (χ3n) is 4.21. The van der Waals surface area contributed by atoms with Crippen molar-refractivity contribution in [3.63, 3.8) is 0 Å². The molecule has 146 valence electrons. The van der Waals surface area contributed by atoms with Crippen LogP contribution in [0.1, 0.15) is 5.76 Å². The number of imide groups is 1. The fourth-order valence-electron chi connectivity index (χ4n) is 2.87. The van der Waals surface area contributed by atoms with Crippen LogP contribution in [0.5, 0.6) is 5.75 Å². The first-order chi connectivity index (χ1) is 14.0. The van der Waals surface area contributed by atoms with Gasteiger partial charge in [0.2, 0.25) is 0 Å². The van der Waals surface area contributed by atoms with Crippen molar-refractivity contribution in [1.82, 2.24) is 0 Å². The zero-order valence-corrected chi connectivity index (χ0v) is 17.3. The van der Waals surface area contributed by atoms with Crippen LogP contribution in [0.25, 0.3) is 17.4 Å². The van der Waals surface area contributed by atoms with Gasteiger partial charge in [-0.25, -0.2) is 4.90 Å². The minimum atomic E-state index is -0.429. The molecule has 2 aromatic carbocycles. The molecule has 8 heteroatoms. The molecule has 1 saturated heterocycles. The number of furan rings is 1. The number of halogens is 2. The van der Waals surface area contributed by atoms with E-state index in [9.17, 15) is 9.59 Å². The summed E-state index contributed by atoms with van der Waals surface area (Å²) in [5, 5.41) is 0.518. The molecule has 0 N–H and O–H groups in total. The highest BCUT2D eigenvalue weighted by Gasteiger charge is 2.36. The van der Waals surface area contributed by atoms with E-state index in [1.165, 1.54) is 13.2 Å². The molecule has 1 fully saturated rings. The van der Waals surface area contributed by atoms with Crippen LogP contribution in [0.15, 0.2) is 63.9 Å². The first-order valence-electron chi connectivity index (χ1n) is 8.44. The third kappa shape index (κ3) is 3.79. The molecule has 0 aliphatic carbocycles. The van der Waals surface area contributed by atoms with Crippen LogP contribution < -0.4 is 9.64 Å². The van der Waals surface area contributed by atoms with E-state index in [0.717, 1.165) is 16.7 Å². The molecular weight excluding hydrogens is 433 g/mol. The van der Waals surface area contributed by atoms with Crippen molar-refractivity contribution < 1.29 is 18.7 Å². The lowest BCUT2D eigenvalue weighted by Gasteiger charge is -2.13. The normalized spacial score (nSPS) is 15.4. The van der Waals surface area contributed by atoms with E-state index in [0.29, 0.717) is 38.6 Å². The van der Waals surface area contributed by atoms with Crippen molar-refractivity contribution in [2.24, 2.45) is 0 Å². The number of hydrogen-bond donors (Lipinski definition) is 0. The lowest BCUT2D eigenvalue weighted by molar-refractivity contribution is -0.113. The number of benzene rings is 2. The summed E-state index contributed by atoms with van der Waals surface area (Å²) in [6.45, 7) is 0. The van der Waals surface area contributed by atoms with Crippen LogP contribution in [0.2, 0.25) is 10.0 Å². The van der Waals surface area contributed by atoms with Gasteiger partial charge in [0.1, 0.15) is 17.3 Å². The molecule has 1 aliphatic rings. The fourth-order valence-corrected chi connectivity index (χ4v) is 4.27. The largest absolute Gasteiger partial charge is 0.497 e. The summed E-state index contributed by atoms with van der Waals surface area (Å²) < 4.78 is 11.0. The van der Waals surface area contributed by atoms with Crippen LogP contribution >= 0.6 is 35.0 Å². The Hall–Kier alpha value is -2.67. The molecule has 0 bridgehead atoms. The minimum Gasteiger partial charge on any atom is -0.497 e. The number of nitrogens with zero attached hydrogens (tertiary/aromatic N) is 1. The van der Waals surface area contributed by atoms with E-state index < -0.39 is 11.1 Å². The van der Waals surface area contributed by atoms with Gasteiger partial charge in [0.05, 0.1) is 33.3 Å². The second-order valence-electron chi connectivity index (χ2n) is 6.02. The molecule has 2 amide bonds. The molecule has 1 aliphatic heterocycles. The van der Waals surface area contributed by atoms with Crippen molar-refractivity contribution in [3.8, 4) is 17.1 Å². The van der Waals surface area contributed by atoms with Crippen molar-refractivity contribution in [3.05, 3.63) is 75.3 Å². The minimum absolute atomic E-state index is 0.254. The zero-order valence-electron chi connectivity index (χ0n) is 15.0. The number of rotatable bonds is 4. The molecule has 0 saturated carbocycles. The number of ether oxygens (including phenoxy) is 1. The van der Waals surface area contributed by atoms with Crippen molar-refractivity contribution in [1.29, 1.82) is 0 Å². The van der Waals surface area contributed by atoms with Gasteiger partial charge >= 0.3 is 0 Å². The molecule has 0 unspecified atom stereocenters. The molecule has 0 atom stereocenters. The predicted octanol–water partition coefficient (Wildman–Crippen LogP) is 6.50. The Bertz CT molecular complexity index is 1130. The second kappa shape index (κ2) is 7.99. The Labute approximate surface area is 180 Å². The first-order valence-corrected chi connectivity index (χ1v) is 10.0. The Morgan fingerprint density at radius 2 is 1.76 bits per heavy atom. The van der Waals surface area contributed by atoms with Gasteiger partial charge in [0, 0.05) is 12.1 Å². The summed E-state index contributed by atoms with van der Waals surface area (Å²) in [6, 6.07) is 15.3. The fraction of sp³-hybridized carbons (Fsp3) is 0.0476. The highest BCUT2D eigenvalue weighted by Crippen LogP contribution is 2.39. The van der Waals surface area contributed by atoms with Gasteiger partial charge in [0.25, 0.3) is 11.1 Å². The number of methoxy groups -OCH3 is 1. The zero-order chi connectivity index (χ0) is 20.5. The van der Waals surface area contributed by atoms with Crippen LogP contribution in [-0.2, 0) is 4.79 Å². The Morgan fingerprint density at radius 3 is 2.48 bits per heavy atom. The molecule has 0 radical (unpaired) electrons. The van der Waals surface area contributed by atoms with Crippen molar-refractivity contribution >= 4 is 57.9 Å². The molecule has 29 heavy (non-hydrogen) atoms. The van der Waals surface area contributed by atoms with Gasteiger partial charge in [-0.3, -0.25) is 9.59 Å². The average molecular weight is 446 g/mol. The number of carbonyl (C=O) groups excluding carboxylic acids is 2. The standard InChI is InChI=1S/C21H13Cl2NO4S/c1-27-13-5-2-4-12(10-13)24-20(25)18(29-21(24)26)11-14-8-9-17(28-14)19-15(22)6-3-7-16(19)23/h2-11H,1H3/b18-11+. The summed E-state index contributed by atoms with van der Waals surface area (Å²) in [5.74, 6) is 1.01. The van der Waals surface area contributed by atoms with Crippen LogP contribution in [-0.4, -0.2) is 18.3 Å². The number of amides is 2. The lowest BCUT2D eigenvalue weighted by atomic mass is 10.2. The first kappa shape index (κ1) is 19.6. The Kier molecular flexibility index (Phi) is 5.41. The maximum Gasteiger partial charge on any atom is 0.298 e. The van der Waals surface area contributed by atoms with Gasteiger partial charge in [0.15, 0.2) is 0 Å². The maximum atomic E-state index is 12.8. The summed E-state index contributed by atoms with van der Waals surface area (Å²) >= 11 is 13.3. The average Bonchev–Trinajstić information content (AvgIpc) is 3.26. The van der Waals surface area contributed by atoms with E-state index in [2.05, 4.69) is 0 Å². The molecule has 2 heterocycles. The number of carbonyl (C=O) groups is 2.